The van der Waals surface area contributed by atoms with Gasteiger partial charge in [0.15, 0.2) is 6.10 Å². The highest BCUT2D eigenvalue weighted by molar-refractivity contribution is 5.72. The van der Waals surface area contributed by atoms with Gasteiger partial charge in [0.05, 0.1) is 12.3 Å². The van der Waals surface area contributed by atoms with E-state index in [1.807, 2.05) is 56.3 Å². The van der Waals surface area contributed by atoms with Crippen molar-refractivity contribution in [1.29, 1.82) is 0 Å². The van der Waals surface area contributed by atoms with Gasteiger partial charge in [-0.25, -0.2) is 9.78 Å². The molecule has 1 unspecified atom stereocenters. The first kappa shape index (κ1) is 28.0. The lowest BCUT2D eigenvalue weighted by Crippen LogP contribution is -2.23. The maximum atomic E-state index is 11.4. The highest BCUT2D eigenvalue weighted by Crippen LogP contribution is 2.32. The SMILES string of the molecule is Cc1oc(-c2ccccc2)nc1CCOc1ccc(OC(C)C(=O)O)c(C)c1CCCCCc1ccccc1. The minimum atomic E-state index is -0.991. The molecule has 0 amide bonds. The van der Waals surface area contributed by atoms with Crippen molar-refractivity contribution >= 4 is 5.97 Å². The largest absolute Gasteiger partial charge is 0.493 e. The molecule has 0 spiro atoms. The molecule has 204 valence electrons. The third-order valence-electron chi connectivity index (χ3n) is 6.90. The standard InChI is InChI=1S/C33H37NO5/c1-23-28(18-12-5-9-15-26-13-7-4-8-14-26)31(20-19-30(23)38-25(3)33(35)36)37-22-21-29-24(2)39-32(34-29)27-16-10-6-11-17-27/h4,6-8,10-11,13-14,16-17,19-20,25H,5,9,12,15,18,21-22H2,1-3H3,(H,35,36). The van der Waals surface area contributed by atoms with Crippen molar-refractivity contribution in [2.24, 2.45) is 0 Å². The number of unbranched alkanes of at least 4 members (excludes halogenated alkanes) is 2. The van der Waals surface area contributed by atoms with Gasteiger partial charge in [0.1, 0.15) is 17.3 Å². The topological polar surface area (TPSA) is 81.8 Å². The van der Waals surface area contributed by atoms with Crippen LogP contribution in [0.15, 0.2) is 77.2 Å². The minimum Gasteiger partial charge on any atom is -0.493 e. The molecule has 1 aromatic heterocycles. The number of aryl methyl sites for hydroxylation is 2. The third kappa shape index (κ3) is 7.73. The number of hydrogen-bond acceptors (Lipinski definition) is 5. The van der Waals surface area contributed by atoms with Crippen molar-refractivity contribution in [1.82, 2.24) is 4.98 Å². The average molecular weight is 528 g/mol. The number of carboxylic acids is 1. The first-order chi connectivity index (χ1) is 18.9. The number of nitrogens with zero attached hydrogens (tertiary/aromatic N) is 1. The predicted octanol–water partition coefficient (Wildman–Crippen LogP) is 7.39. The normalized spacial score (nSPS) is 11.8. The summed E-state index contributed by atoms with van der Waals surface area (Å²) >= 11 is 0. The van der Waals surface area contributed by atoms with Crippen LogP contribution in [-0.2, 0) is 24.1 Å². The molecule has 1 N–H and O–H groups in total. The second-order valence-corrected chi connectivity index (χ2v) is 9.80. The van der Waals surface area contributed by atoms with E-state index in [2.05, 4.69) is 29.2 Å². The zero-order chi connectivity index (χ0) is 27.6. The van der Waals surface area contributed by atoms with Crippen molar-refractivity contribution in [2.45, 2.75) is 65.4 Å². The van der Waals surface area contributed by atoms with E-state index in [1.165, 1.54) is 5.56 Å². The third-order valence-corrected chi connectivity index (χ3v) is 6.90. The van der Waals surface area contributed by atoms with Crippen LogP contribution in [0.5, 0.6) is 11.5 Å². The van der Waals surface area contributed by atoms with Gasteiger partial charge in [0.25, 0.3) is 0 Å². The zero-order valence-electron chi connectivity index (χ0n) is 23.0. The molecule has 39 heavy (non-hydrogen) atoms. The number of aliphatic carboxylic acids is 1. The Balaban J connectivity index is 1.41. The summed E-state index contributed by atoms with van der Waals surface area (Å²) < 4.78 is 17.9. The number of carbonyl (C=O) groups is 1. The van der Waals surface area contributed by atoms with Crippen LogP contribution in [0, 0.1) is 13.8 Å². The number of benzene rings is 3. The van der Waals surface area contributed by atoms with Crippen molar-refractivity contribution in [3.63, 3.8) is 0 Å². The highest BCUT2D eigenvalue weighted by Gasteiger charge is 2.18. The Morgan fingerprint density at radius 3 is 2.26 bits per heavy atom. The molecular weight excluding hydrogens is 490 g/mol. The van der Waals surface area contributed by atoms with Crippen LogP contribution >= 0.6 is 0 Å². The molecule has 0 aliphatic rings. The summed E-state index contributed by atoms with van der Waals surface area (Å²) in [5, 5.41) is 9.31. The van der Waals surface area contributed by atoms with Gasteiger partial charge in [-0.05, 0) is 81.8 Å². The molecule has 0 fully saturated rings. The molecule has 0 bridgehead atoms. The van der Waals surface area contributed by atoms with E-state index < -0.39 is 12.1 Å². The molecule has 0 saturated carbocycles. The fourth-order valence-corrected chi connectivity index (χ4v) is 4.60. The molecule has 6 nitrogen and oxygen atoms in total. The maximum absolute atomic E-state index is 11.4. The van der Waals surface area contributed by atoms with E-state index in [0.29, 0.717) is 24.7 Å². The quantitative estimate of drug-likeness (QED) is 0.172. The number of rotatable bonds is 14. The first-order valence-electron chi connectivity index (χ1n) is 13.6. The van der Waals surface area contributed by atoms with Gasteiger partial charge in [-0.1, -0.05) is 55.0 Å². The van der Waals surface area contributed by atoms with E-state index in [9.17, 15) is 9.90 Å². The lowest BCUT2D eigenvalue weighted by Gasteiger charge is -2.19. The Labute approximate surface area is 230 Å². The summed E-state index contributed by atoms with van der Waals surface area (Å²) in [6, 6.07) is 24.1. The van der Waals surface area contributed by atoms with Crippen LogP contribution in [0.1, 0.15) is 54.3 Å². The van der Waals surface area contributed by atoms with Crippen LogP contribution in [-0.4, -0.2) is 28.8 Å². The van der Waals surface area contributed by atoms with Gasteiger partial charge in [-0.15, -0.1) is 0 Å². The van der Waals surface area contributed by atoms with E-state index in [-0.39, 0.29) is 0 Å². The van der Waals surface area contributed by atoms with Crippen LogP contribution in [0.4, 0.5) is 0 Å². The second kappa shape index (κ2) is 13.7. The summed E-state index contributed by atoms with van der Waals surface area (Å²) in [5.41, 5.74) is 5.17. The summed E-state index contributed by atoms with van der Waals surface area (Å²) in [7, 11) is 0. The zero-order valence-corrected chi connectivity index (χ0v) is 23.0. The van der Waals surface area contributed by atoms with Gasteiger partial charge in [0.2, 0.25) is 5.89 Å². The monoisotopic (exact) mass is 527 g/mol. The van der Waals surface area contributed by atoms with E-state index in [1.54, 1.807) is 13.0 Å². The number of carboxylic acid groups (broad SMARTS) is 1. The Morgan fingerprint density at radius 2 is 1.54 bits per heavy atom. The minimum absolute atomic E-state index is 0.452. The van der Waals surface area contributed by atoms with E-state index in [0.717, 1.165) is 66.0 Å². The molecule has 1 heterocycles. The molecule has 0 saturated heterocycles. The van der Waals surface area contributed by atoms with Crippen LogP contribution in [0.25, 0.3) is 11.5 Å². The highest BCUT2D eigenvalue weighted by atomic mass is 16.5. The molecule has 1 atom stereocenters. The number of hydrogen-bond donors (Lipinski definition) is 1. The molecule has 0 aliphatic heterocycles. The Bertz CT molecular complexity index is 1350. The summed E-state index contributed by atoms with van der Waals surface area (Å²) in [4.78, 5) is 16.0. The van der Waals surface area contributed by atoms with Crippen molar-refractivity contribution < 1.29 is 23.8 Å². The van der Waals surface area contributed by atoms with Gasteiger partial charge < -0.3 is 19.0 Å². The number of ether oxygens (including phenoxy) is 2. The van der Waals surface area contributed by atoms with Gasteiger partial charge in [-0.2, -0.15) is 0 Å². The fraction of sp³-hybridized carbons (Fsp3) is 0.333. The van der Waals surface area contributed by atoms with Gasteiger partial charge in [0, 0.05) is 17.5 Å². The van der Waals surface area contributed by atoms with E-state index in [4.69, 9.17) is 13.9 Å². The lowest BCUT2D eigenvalue weighted by molar-refractivity contribution is -0.144. The average Bonchev–Trinajstić information content (AvgIpc) is 3.32. The fourth-order valence-electron chi connectivity index (χ4n) is 4.60. The predicted molar refractivity (Wildman–Crippen MR) is 152 cm³/mol. The van der Waals surface area contributed by atoms with Gasteiger partial charge in [-0.3, -0.25) is 0 Å². The summed E-state index contributed by atoms with van der Waals surface area (Å²) in [6.07, 6.45) is 4.78. The van der Waals surface area contributed by atoms with Crippen molar-refractivity contribution in [3.05, 3.63) is 101 Å². The molecule has 6 heteroatoms. The summed E-state index contributed by atoms with van der Waals surface area (Å²) in [5.74, 6) is 1.80. The number of oxazole rings is 1. The van der Waals surface area contributed by atoms with Crippen molar-refractivity contribution in [3.8, 4) is 23.0 Å². The molecule has 3 aromatic carbocycles. The van der Waals surface area contributed by atoms with Gasteiger partial charge >= 0.3 is 5.97 Å². The lowest BCUT2D eigenvalue weighted by atomic mass is 9.99. The van der Waals surface area contributed by atoms with E-state index >= 15 is 0 Å². The Kier molecular flexibility index (Phi) is 9.79. The molecular formula is C33H37NO5. The molecule has 4 rings (SSSR count). The number of aromatic nitrogens is 1. The second-order valence-electron chi connectivity index (χ2n) is 9.80. The van der Waals surface area contributed by atoms with Crippen LogP contribution < -0.4 is 9.47 Å². The first-order valence-corrected chi connectivity index (χ1v) is 13.6. The maximum Gasteiger partial charge on any atom is 0.344 e. The summed E-state index contributed by atoms with van der Waals surface area (Å²) in [6.45, 7) is 5.90. The Hall–Kier alpha value is -4.06. The Morgan fingerprint density at radius 1 is 0.872 bits per heavy atom. The molecule has 0 radical (unpaired) electrons. The van der Waals surface area contributed by atoms with Crippen molar-refractivity contribution in [2.75, 3.05) is 6.61 Å². The molecule has 0 aliphatic carbocycles. The molecule has 4 aromatic rings. The smallest absolute Gasteiger partial charge is 0.344 e. The van der Waals surface area contributed by atoms with Crippen LogP contribution in [0.2, 0.25) is 0 Å². The van der Waals surface area contributed by atoms with Crippen LogP contribution in [0.3, 0.4) is 0 Å².